The van der Waals surface area contributed by atoms with Gasteiger partial charge in [-0.05, 0) is 32.0 Å². The van der Waals surface area contributed by atoms with Gasteiger partial charge in [-0.1, -0.05) is 6.07 Å². The number of anilines is 2. The van der Waals surface area contributed by atoms with E-state index in [0.717, 1.165) is 11.3 Å². The van der Waals surface area contributed by atoms with Gasteiger partial charge in [0.15, 0.2) is 6.29 Å². The number of pyridine rings is 1. The first-order valence-electron chi connectivity index (χ1n) is 9.33. The van der Waals surface area contributed by atoms with Crippen LogP contribution in [0.3, 0.4) is 0 Å². The Kier molecular flexibility index (Phi) is 6.88. The highest BCUT2D eigenvalue weighted by Crippen LogP contribution is 2.26. The zero-order valence-corrected chi connectivity index (χ0v) is 16.3. The van der Waals surface area contributed by atoms with Crippen LogP contribution in [0.25, 0.3) is 11.3 Å². The van der Waals surface area contributed by atoms with Gasteiger partial charge in [0.1, 0.15) is 5.82 Å². The lowest BCUT2D eigenvalue weighted by atomic mass is 10.2. The predicted molar refractivity (Wildman–Crippen MR) is 109 cm³/mol. The molecule has 0 aliphatic rings. The van der Waals surface area contributed by atoms with Crippen molar-refractivity contribution in [2.24, 2.45) is 0 Å². The topological polar surface area (TPSA) is 104 Å². The molecule has 29 heavy (non-hydrogen) atoms. The fourth-order valence-corrected chi connectivity index (χ4v) is 2.82. The molecule has 0 radical (unpaired) electrons. The van der Waals surface area contributed by atoms with Gasteiger partial charge in [0.2, 0.25) is 0 Å². The van der Waals surface area contributed by atoms with Crippen LogP contribution in [0.1, 0.15) is 13.8 Å². The molecular formula is C20H23N5O4. The third kappa shape index (κ3) is 5.37. The number of non-ortho nitro benzene ring substituents is 1. The van der Waals surface area contributed by atoms with E-state index >= 15 is 0 Å². The minimum absolute atomic E-state index is 0.00931. The number of nitro groups is 1. The second-order valence-corrected chi connectivity index (χ2v) is 6.11. The summed E-state index contributed by atoms with van der Waals surface area (Å²) in [5.74, 6) is 0.661. The van der Waals surface area contributed by atoms with Crippen molar-refractivity contribution in [3.05, 3.63) is 65.0 Å². The molecule has 9 heteroatoms. The van der Waals surface area contributed by atoms with Gasteiger partial charge in [-0.25, -0.2) is 4.68 Å². The van der Waals surface area contributed by atoms with Gasteiger partial charge in [0.25, 0.3) is 5.69 Å². The molecule has 0 bridgehead atoms. The van der Waals surface area contributed by atoms with Crippen molar-refractivity contribution >= 4 is 17.2 Å². The monoisotopic (exact) mass is 397 g/mol. The van der Waals surface area contributed by atoms with Crippen molar-refractivity contribution in [1.82, 2.24) is 14.8 Å². The number of ether oxygens (including phenoxy) is 2. The van der Waals surface area contributed by atoms with Gasteiger partial charge in [-0.15, -0.1) is 0 Å². The summed E-state index contributed by atoms with van der Waals surface area (Å²) in [6.07, 6.45) is 2.97. The number of nitro benzene ring substituents is 1. The molecular weight excluding hydrogens is 374 g/mol. The maximum Gasteiger partial charge on any atom is 0.271 e. The summed E-state index contributed by atoms with van der Waals surface area (Å²) in [7, 11) is 0. The van der Waals surface area contributed by atoms with E-state index in [9.17, 15) is 10.1 Å². The molecule has 0 aliphatic heterocycles. The third-order valence-electron chi connectivity index (χ3n) is 4.09. The fraction of sp³-hybridized carbons (Fsp3) is 0.300. The summed E-state index contributed by atoms with van der Waals surface area (Å²) in [6, 6.07) is 11.9. The summed E-state index contributed by atoms with van der Waals surface area (Å²) in [5, 5.41) is 18.9. The van der Waals surface area contributed by atoms with Crippen molar-refractivity contribution in [2.45, 2.75) is 26.7 Å². The standard InChI is InChI=1S/C20H23N5O4/c1-3-28-20(29-4-2)14-24-19(12-18(23-24)15-7-6-10-21-13-15)22-16-8-5-9-17(11-16)25(26)27/h5-13,20,22H,3-4,14H2,1-2H3. The number of nitrogens with zero attached hydrogens (tertiary/aromatic N) is 4. The van der Waals surface area contributed by atoms with Crippen LogP contribution in [0.15, 0.2) is 54.9 Å². The Morgan fingerprint density at radius 3 is 2.62 bits per heavy atom. The van der Waals surface area contributed by atoms with E-state index < -0.39 is 11.2 Å². The lowest BCUT2D eigenvalue weighted by molar-refractivity contribution is -0.384. The number of benzene rings is 1. The third-order valence-corrected chi connectivity index (χ3v) is 4.09. The van der Waals surface area contributed by atoms with Crippen molar-refractivity contribution < 1.29 is 14.4 Å². The Balaban J connectivity index is 1.93. The van der Waals surface area contributed by atoms with E-state index in [0.29, 0.717) is 31.3 Å². The highest BCUT2D eigenvalue weighted by molar-refractivity contribution is 5.66. The van der Waals surface area contributed by atoms with Gasteiger partial charge in [0.05, 0.1) is 17.2 Å². The van der Waals surface area contributed by atoms with Crippen LogP contribution in [0, 0.1) is 10.1 Å². The fourth-order valence-electron chi connectivity index (χ4n) is 2.82. The predicted octanol–water partition coefficient (Wildman–Crippen LogP) is 4.00. The molecule has 1 aromatic carbocycles. The van der Waals surface area contributed by atoms with Crippen LogP contribution in [0.5, 0.6) is 0 Å². The van der Waals surface area contributed by atoms with E-state index in [-0.39, 0.29) is 5.69 Å². The van der Waals surface area contributed by atoms with E-state index in [1.807, 2.05) is 32.0 Å². The van der Waals surface area contributed by atoms with Crippen molar-refractivity contribution in [3.8, 4) is 11.3 Å². The Hall–Kier alpha value is -3.30. The van der Waals surface area contributed by atoms with Gasteiger partial charge < -0.3 is 14.8 Å². The van der Waals surface area contributed by atoms with Gasteiger partial charge in [0, 0.05) is 55.1 Å². The summed E-state index contributed by atoms with van der Waals surface area (Å²) >= 11 is 0. The van der Waals surface area contributed by atoms with E-state index in [2.05, 4.69) is 15.4 Å². The lowest BCUT2D eigenvalue weighted by Crippen LogP contribution is -2.25. The summed E-state index contributed by atoms with van der Waals surface area (Å²) in [5.41, 5.74) is 2.17. The minimum Gasteiger partial charge on any atom is -0.351 e. The Morgan fingerprint density at radius 2 is 1.97 bits per heavy atom. The molecule has 0 saturated heterocycles. The van der Waals surface area contributed by atoms with Crippen molar-refractivity contribution in [1.29, 1.82) is 0 Å². The second kappa shape index (κ2) is 9.76. The first kappa shape index (κ1) is 20.4. The van der Waals surface area contributed by atoms with Crippen molar-refractivity contribution in [3.63, 3.8) is 0 Å². The van der Waals surface area contributed by atoms with Gasteiger partial charge in [-0.2, -0.15) is 5.10 Å². The first-order chi connectivity index (χ1) is 14.1. The first-order valence-corrected chi connectivity index (χ1v) is 9.33. The molecule has 0 saturated carbocycles. The SMILES string of the molecule is CCOC(Cn1nc(-c2cccnc2)cc1Nc1cccc([N+](=O)[O-])c1)OCC. The Bertz CT molecular complexity index is 939. The molecule has 152 valence electrons. The van der Waals surface area contributed by atoms with E-state index in [1.165, 1.54) is 12.1 Å². The number of hydrogen-bond acceptors (Lipinski definition) is 7. The molecule has 1 N–H and O–H groups in total. The van der Waals surface area contributed by atoms with E-state index in [4.69, 9.17) is 9.47 Å². The number of rotatable bonds is 10. The van der Waals surface area contributed by atoms with Gasteiger partial charge in [-0.3, -0.25) is 15.1 Å². The summed E-state index contributed by atoms with van der Waals surface area (Å²) < 4.78 is 13.0. The molecule has 3 rings (SSSR count). The van der Waals surface area contributed by atoms with Gasteiger partial charge >= 0.3 is 0 Å². The van der Waals surface area contributed by atoms with Crippen LogP contribution in [0.4, 0.5) is 17.2 Å². The molecule has 0 fully saturated rings. The largest absolute Gasteiger partial charge is 0.351 e. The average molecular weight is 397 g/mol. The smallest absolute Gasteiger partial charge is 0.271 e. The molecule has 2 aromatic heterocycles. The van der Waals surface area contributed by atoms with Crippen molar-refractivity contribution in [2.75, 3.05) is 18.5 Å². The number of hydrogen-bond donors (Lipinski definition) is 1. The van der Waals surface area contributed by atoms with Crippen LogP contribution in [-0.4, -0.2) is 39.2 Å². The highest BCUT2D eigenvalue weighted by atomic mass is 16.7. The molecule has 9 nitrogen and oxygen atoms in total. The van der Waals surface area contributed by atoms with E-state index in [1.54, 1.807) is 29.2 Å². The Morgan fingerprint density at radius 1 is 1.17 bits per heavy atom. The van der Waals surface area contributed by atoms with Crippen LogP contribution in [-0.2, 0) is 16.0 Å². The normalized spacial score (nSPS) is 11.0. The quantitative estimate of drug-likeness (QED) is 0.313. The zero-order chi connectivity index (χ0) is 20.6. The maximum atomic E-state index is 11.1. The highest BCUT2D eigenvalue weighted by Gasteiger charge is 2.16. The Labute approximate surface area is 168 Å². The second-order valence-electron chi connectivity index (χ2n) is 6.11. The summed E-state index contributed by atoms with van der Waals surface area (Å²) in [6.45, 7) is 5.18. The summed E-state index contributed by atoms with van der Waals surface area (Å²) in [4.78, 5) is 14.8. The molecule has 0 amide bonds. The minimum atomic E-state index is -0.461. The number of nitrogens with one attached hydrogen (secondary N) is 1. The molecule has 0 atom stereocenters. The van der Waals surface area contributed by atoms with Crippen LogP contribution < -0.4 is 5.32 Å². The number of aromatic nitrogens is 3. The molecule has 0 spiro atoms. The van der Waals surface area contributed by atoms with Crippen LogP contribution in [0.2, 0.25) is 0 Å². The molecule has 0 aliphatic carbocycles. The molecule has 2 heterocycles. The zero-order valence-electron chi connectivity index (χ0n) is 16.3. The maximum absolute atomic E-state index is 11.1. The molecule has 3 aromatic rings. The van der Waals surface area contributed by atoms with Crippen LogP contribution >= 0.6 is 0 Å². The average Bonchev–Trinajstić information content (AvgIpc) is 3.11. The molecule has 0 unspecified atom stereocenters. The lowest BCUT2D eigenvalue weighted by Gasteiger charge is -2.18.